The molecule has 2 aromatic carbocycles. The number of imidazole rings is 1. The van der Waals surface area contributed by atoms with Gasteiger partial charge < -0.3 is 9.55 Å². The van der Waals surface area contributed by atoms with Crippen molar-refractivity contribution in [3.8, 4) is 5.13 Å². The first kappa shape index (κ1) is 20.4. The lowest BCUT2D eigenvalue weighted by atomic mass is 10.2. The third kappa shape index (κ3) is 3.29. The highest BCUT2D eigenvalue weighted by molar-refractivity contribution is 7.20. The number of pyridine rings is 1. The molecule has 8 nitrogen and oxygen atoms in total. The molecule has 0 saturated carbocycles. The lowest BCUT2D eigenvalue weighted by Crippen LogP contribution is -2.24. The second-order valence-corrected chi connectivity index (χ2v) is 9.08. The summed E-state index contributed by atoms with van der Waals surface area (Å²) < 4.78 is 6.04. The first-order valence-corrected chi connectivity index (χ1v) is 11.7. The molecule has 0 amide bonds. The number of nitrogens with zero attached hydrogens (tertiary/aromatic N) is 5. The molecule has 0 fully saturated rings. The number of nitrogens with one attached hydrogen (secondary N) is 1. The number of aromatic nitrogens is 6. The zero-order chi connectivity index (χ0) is 23.2. The molecule has 0 spiro atoms. The average molecular weight is 469 g/mol. The van der Waals surface area contributed by atoms with E-state index in [0.29, 0.717) is 34.1 Å². The molecule has 0 bridgehead atoms. The predicted molar refractivity (Wildman–Crippen MR) is 133 cm³/mol. The number of para-hydroxylation sites is 1. The van der Waals surface area contributed by atoms with E-state index < -0.39 is 0 Å². The molecule has 0 aliphatic rings. The van der Waals surface area contributed by atoms with Crippen LogP contribution in [-0.2, 0) is 13.1 Å². The summed E-state index contributed by atoms with van der Waals surface area (Å²) in [7, 11) is 0. The highest BCUT2D eigenvalue weighted by atomic mass is 32.1. The molecular weight excluding hydrogens is 448 g/mol. The maximum absolute atomic E-state index is 13.9. The van der Waals surface area contributed by atoms with Gasteiger partial charge in [-0.25, -0.2) is 9.97 Å². The highest BCUT2D eigenvalue weighted by Gasteiger charge is 2.22. The van der Waals surface area contributed by atoms with Crippen molar-refractivity contribution in [3.63, 3.8) is 0 Å². The van der Waals surface area contributed by atoms with E-state index >= 15 is 0 Å². The summed E-state index contributed by atoms with van der Waals surface area (Å²) in [5, 5.41) is 1.07. The Labute approximate surface area is 197 Å². The summed E-state index contributed by atoms with van der Waals surface area (Å²) in [5.41, 5.74) is 2.66. The number of fused-ring (bicyclic) bond motifs is 2. The van der Waals surface area contributed by atoms with Gasteiger partial charge in [0.2, 0.25) is 5.13 Å². The Morgan fingerprint density at radius 3 is 2.56 bits per heavy atom. The van der Waals surface area contributed by atoms with Crippen molar-refractivity contribution in [1.82, 2.24) is 28.9 Å². The van der Waals surface area contributed by atoms with Crippen LogP contribution in [0.15, 0.2) is 82.6 Å². The Kier molecular flexibility index (Phi) is 4.77. The van der Waals surface area contributed by atoms with Gasteiger partial charge in [0.25, 0.3) is 11.1 Å². The second-order valence-electron chi connectivity index (χ2n) is 8.07. The van der Waals surface area contributed by atoms with Crippen molar-refractivity contribution in [2.75, 3.05) is 0 Å². The van der Waals surface area contributed by atoms with Gasteiger partial charge in [-0.15, -0.1) is 0 Å². The monoisotopic (exact) mass is 468 g/mol. The number of H-pyrrole nitrogens is 1. The Morgan fingerprint density at radius 2 is 1.79 bits per heavy atom. The van der Waals surface area contributed by atoms with Gasteiger partial charge in [-0.3, -0.25) is 14.3 Å². The standard InChI is InChI=1S/C25H20N6O2S/c1-16-23-19(13-22(32)29(16)15-21-26-11-12-27-21)30(14-17-7-3-2-4-8-17)31(24(23)33)25-28-18-9-5-6-10-20(18)34-25/h2-13H,14-15H2,1H3,(H,26,27). The van der Waals surface area contributed by atoms with E-state index in [1.54, 1.807) is 27.7 Å². The third-order valence-electron chi connectivity index (χ3n) is 5.98. The maximum atomic E-state index is 13.9. The molecule has 0 unspecified atom stereocenters. The molecule has 6 aromatic rings. The Hall–Kier alpha value is -4.24. The van der Waals surface area contributed by atoms with Gasteiger partial charge in [0, 0.05) is 24.2 Å². The molecule has 0 atom stereocenters. The maximum Gasteiger partial charge on any atom is 0.283 e. The zero-order valence-corrected chi connectivity index (χ0v) is 19.1. The highest BCUT2D eigenvalue weighted by Crippen LogP contribution is 2.26. The fraction of sp³-hybridized carbons (Fsp3) is 0.120. The van der Waals surface area contributed by atoms with E-state index in [1.165, 1.54) is 11.3 Å². The number of aryl methyl sites for hydroxylation is 1. The third-order valence-corrected chi connectivity index (χ3v) is 6.99. The van der Waals surface area contributed by atoms with Gasteiger partial charge in [0.15, 0.2) is 0 Å². The van der Waals surface area contributed by atoms with Crippen LogP contribution in [0.2, 0.25) is 0 Å². The molecule has 168 valence electrons. The fourth-order valence-corrected chi connectivity index (χ4v) is 5.30. The average Bonchev–Trinajstić information content (AvgIpc) is 3.56. The van der Waals surface area contributed by atoms with Crippen LogP contribution < -0.4 is 11.1 Å². The molecule has 0 saturated heterocycles. The van der Waals surface area contributed by atoms with E-state index in [0.717, 1.165) is 15.8 Å². The normalized spacial score (nSPS) is 11.6. The lowest BCUT2D eigenvalue weighted by Gasteiger charge is -2.12. The largest absolute Gasteiger partial charge is 0.347 e. The van der Waals surface area contributed by atoms with Crippen LogP contribution in [-0.4, -0.2) is 28.9 Å². The number of hydrogen-bond acceptors (Lipinski definition) is 5. The molecule has 0 radical (unpaired) electrons. The van der Waals surface area contributed by atoms with Crippen molar-refractivity contribution in [3.05, 3.63) is 111 Å². The van der Waals surface area contributed by atoms with Crippen LogP contribution in [0, 0.1) is 6.92 Å². The van der Waals surface area contributed by atoms with Crippen molar-refractivity contribution in [2.24, 2.45) is 0 Å². The summed E-state index contributed by atoms with van der Waals surface area (Å²) in [5.74, 6) is 0.653. The van der Waals surface area contributed by atoms with E-state index in [9.17, 15) is 9.59 Å². The minimum atomic E-state index is -0.198. The van der Waals surface area contributed by atoms with E-state index in [2.05, 4.69) is 9.97 Å². The van der Waals surface area contributed by atoms with Crippen LogP contribution in [0.25, 0.3) is 26.3 Å². The topological polar surface area (TPSA) is 90.5 Å². The smallest absolute Gasteiger partial charge is 0.283 e. The number of thiazole rings is 1. The summed E-state index contributed by atoms with van der Waals surface area (Å²) in [4.78, 5) is 39.0. The van der Waals surface area contributed by atoms with Crippen molar-refractivity contribution < 1.29 is 0 Å². The van der Waals surface area contributed by atoms with Gasteiger partial charge in [-0.05, 0) is 24.6 Å². The first-order valence-electron chi connectivity index (χ1n) is 10.8. The van der Waals surface area contributed by atoms with Crippen molar-refractivity contribution >= 4 is 32.5 Å². The number of aromatic amines is 1. The zero-order valence-electron chi connectivity index (χ0n) is 18.3. The predicted octanol–water partition coefficient (Wildman–Crippen LogP) is 3.69. The molecular formula is C25H20N6O2S. The Balaban J connectivity index is 1.64. The lowest BCUT2D eigenvalue weighted by molar-refractivity contribution is 0.610. The summed E-state index contributed by atoms with van der Waals surface area (Å²) in [6.45, 7) is 2.50. The number of rotatable bonds is 5. The van der Waals surface area contributed by atoms with Gasteiger partial charge >= 0.3 is 0 Å². The molecule has 4 aromatic heterocycles. The molecule has 34 heavy (non-hydrogen) atoms. The molecule has 4 heterocycles. The SMILES string of the molecule is Cc1c2c(=O)n(-c3nc4ccccc4s3)n(Cc3ccccc3)c2cc(=O)n1Cc1ncc[nH]1. The van der Waals surface area contributed by atoms with Crippen LogP contribution in [0.3, 0.4) is 0 Å². The minimum Gasteiger partial charge on any atom is -0.347 e. The van der Waals surface area contributed by atoms with Crippen molar-refractivity contribution in [1.29, 1.82) is 0 Å². The first-order chi connectivity index (χ1) is 16.6. The number of benzene rings is 2. The van der Waals surface area contributed by atoms with E-state index in [1.807, 2.05) is 66.2 Å². The second kappa shape index (κ2) is 7.96. The summed E-state index contributed by atoms with van der Waals surface area (Å²) in [6.07, 6.45) is 3.36. The Bertz CT molecular complexity index is 1720. The van der Waals surface area contributed by atoms with Crippen LogP contribution >= 0.6 is 11.3 Å². The quantitative estimate of drug-likeness (QED) is 0.418. The molecule has 9 heteroatoms. The van der Waals surface area contributed by atoms with Gasteiger partial charge in [-0.2, -0.15) is 4.68 Å². The molecule has 0 aliphatic carbocycles. The summed E-state index contributed by atoms with van der Waals surface area (Å²) in [6, 6.07) is 19.2. The molecule has 1 N–H and O–H groups in total. The minimum absolute atomic E-state index is 0.190. The van der Waals surface area contributed by atoms with Crippen molar-refractivity contribution in [2.45, 2.75) is 20.0 Å². The van der Waals surface area contributed by atoms with E-state index in [4.69, 9.17) is 4.98 Å². The van der Waals surface area contributed by atoms with Crippen LogP contribution in [0.5, 0.6) is 0 Å². The fourth-order valence-electron chi connectivity index (χ4n) is 4.33. The molecule has 6 rings (SSSR count). The van der Waals surface area contributed by atoms with Gasteiger partial charge in [0.1, 0.15) is 5.82 Å². The Morgan fingerprint density at radius 1 is 1.00 bits per heavy atom. The van der Waals surface area contributed by atoms with E-state index in [-0.39, 0.29) is 17.7 Å². The molecule has 0 aliphatic heterocycles. The van der Waals surface area contributed by atoms with Gasteiger partial charge in [0.05, 0.1) is 34.2 Å². The van der Waals surface area contributed by atoms with Crippen LogP contribution in [0.1, 0.15) is 17.1 Å². The summed E-state index contributed by atoms with van der Waals surface area (Å²) >= 11 is 1.45. The van der Waals surface area contributed by atoms with Crippen LogP contribution in [0.4, 0.5) is 0 Å². The van der Waals surface area contributed by atoms with Gasteiger partial charge in [-0.1, -0.05) is 53.8 Å². The number of hydrogen-bond donors (Lipinski definition) is 1.